The summed E-state index contributed by atoms with van der Waals surface area (Å²) in [6, 6.07) is 13.9. The summed E-state index contributed by atoms with van der Waals surface area (Å²) in [5.41, 5.74) is 2.13. The maximum Gasteiger partial charge on any atom is 0.160 e. The first kappa shape index (κ1) is 26.9. The highest BCUT2D eigenvalue weighted by Crippen LogP contribution is 2.56. The highest BCUT2D eigenvalue weighted by atomic mass is 16.5. The van der Waals surface area contributed by atoms with Gasteiger partial charge >= 0.3 is 0 Å². The second-order valence-corrected chi connectivity index (χ2v) is 10.1. The summed E-state index contributed by atoms with van der Waals surface area (Å²) in [5.74, 6) is 0.906. The van der Waals surface area contributed by atoms with Gasteiger partial charge in [0.25, 0.3) is 0 Å². The number of hydrogen-bond donors (Lipinski definition) is 4. The molecule has 0 aromatic heterocycles. The lowest BCUT2D eigenvalue weighted by molar-refractivity contribution is 0.0603. The molecule has 2 heterocycles. The topological polar surface area (TPSA) is 127 Å². The molecule has 5 rings (SSSR count). The average Bonchev–Trinajstić information content (AvgIpc) is 3.51. The minimum Gasteiger partial charge on any atom is -0.504 e. The Bertz CT molecular complexity index is 1360. The maximum atomic E-state index is 10.5. The molecule has 2 aliphatic rings. The lowest BCUT2D eigenvalue weighted by Gasteiger charge is -2.31. The summed E-state index contributed by atoms with van der Waals surface area (Å²) in [6.45, 7) is 1.91. The Hall–Kier alpha value is -3.66. The Morgan fingerprint density at radius 1 is 0.821 bits per heavy atom. The Labute approximate surface area is 227 Å². The van der Waals surface area contributed by atoms with Gasteiger partial charge in [0, 0.05) is 24.0 Å². The predicted molar refractivity (Wildman–Crippen MR) is 142 cm³/mol. The van der Waals surface area contributed by atoms with Crippen molar-refractivity contribution >= 4 is 0 Å². The van der Waals surface area contributed by atoms with Gasteiger partial charge in [-0.3, -0.25) is 0 Å². The Morgan fingerprint density at radius 3 is 2.21 bits per heavy atom. The molecular weight excluding hydrogens is 504 g/mol. The number of phenolic OH excluding ortho intramolecular Hbond substituents is 2. The molecule has 3 aromatic rings. The molecule has 0 amide bonds. The van der Waals surface area contributed by atoms with Crippen LogP contribution < -0.4 is 18.9 Å². The summed E-state index contributed by atoms with van der Waals surface area (Å²) in [5, 5.41) is 41.3. The quantitative estimate of drug-likeness (QED) is 0.337. The van der Waals surface area contributed by atoms with Gasteiger partial charge in [0.1, 0.15) is 17.1 Å². The molecule has 0 spiro atoms. The number of benzene rings is 3. The largest absolute Gasteiger partial charge is 0.504 e. The van der Waals surface area contributed by atoms with E-state index in [1.807, 2.05) is 25.1 Å². The molecule has 3 aromatic carbocycles. The molecule has 208 valence electrons. The summed E-state index contributed by atoms with van der Waals surface area (Å²) in [4.78, 5) is 0. The third-order valence-electron chi connectivity index (χ3n) is 8.15. The molecule has 0 bridgehead atoms. The highest BCUT2D eigenvalue weighted by Gasteiger charge is 2.49. The molecule has 4 N–H and O–H groups in total. The Morgan fingerprint density at radius 2 is 1.56 bits per heavy atom. The molecule has 0 aliphatic carbocycles. The van der Waals surface area contributed by atoms with Crippen LogP contribution in [0.15, 0.2) is 48.5 Å². The van der Waals surface area contributed by atoms with E-state index in [1.54, 1.807) is 37.4 Å². The van der Waals surface area contributed by atoms with Gasteiger partial charge in [0.2, 0.25) is 0 Å². The zero-order valence-corrected chi connectivity index (χ0v) is 22.4. The van der Waals surface area contributed by atoms with Crippen molar-refractivity contribution in [2.45, 2.75) is 30.5 Å². The van der Waals surface area contributed by atoms with E-state index in [2.05, 4.69) is 0 Å². The van der Waals surface area contributed by atoms with Crippen LogP contribution in [0.25, 0.3) is 0 Å². The molecule has 1 saturated heterocycles. The first-order valence-corrected chi connectivity index (χ1v) is 12.8. The first-order chi connectivity index (χ1) is 18.8. The van der Waals surface area contributed by atoms with Gasteiger partial charge in [-0.25, -0.2) is 0 Å². The van der Waals surface area contributed by atoms with E-state index in [4.69, 9.17) is 23.7 Å². The van der Waals surface area contributed by atoms with Crippen LogP contribution in [0.5, 0.6) is 34.5 Å². The smallest absolute Gasteiger partial charge is 0.160 e. The molecule has 0 saturated carbocycles. The number of rotatable bonds is 8. The number of aliphatic hydroxyl groups is 2. The van der Waals surface area contributed by atoms with E-state index in [1.165, 1.54) is 14.2 Å². The van der Waals surface area contributed by atoms with Gasteiger partial charge in [-0.2, -0.15) is 0 Å². The lowest BCUT2D eigenvalue weighted by Crippen LogP contribution is -2.33. The van der Waals surface area contributed by atoms with Crippen molar-refractivity contribution in [3.8, 4) is 34.5 Å². The highest BCUT2D eigenvalue weighted by molar-refractivity contribution is 5.58. The van der Waals surface area contributed by atoms with Crippen LogP contribution in [0, 0.1) is 5.92 Å². The van der Waals surface area contributed by atoms with Crippen molar-refractivity contribution in [3.05, 3.63) is 70.8 Å². The van der Waals surface area contributed by atoms with Crippen molar-refractivity contribution in [2.75, 3.05) is 41.2 Å². The van der Waals surface area contributed by atoms with Gasteiger partial charge in [-0.1, -0.05) is 12.1 Å². The normalized spacial score (nSPS) is 25.7. The van der Waals surface area contributed by atoms with Crippen LogP contribution >= 0.6 is 0 Å². The number of aliphatic hydroxyl groups excluding tert-OH is 2. The SMILES string of the molecule is COc1ccc(C2OCC(c3cc(OC)c4c(c3)OC(C)(c3ccc(O)c(OC)c3)C4CO)C2CO)cc1O. The summed E-state index contributed by atoms with van der Waals surface area (Å²) in [7, 11) is 4.54. The molecule has 5 unspecified atom stereocenters. The molecule has 9 heteroatoms. The van der Waals surface area contributed by atoms with Gasteiger partial charge in [0.15, 0.2) is 23.0 Å². The van der Waals surface area contributed by atoms with Crippen molar-refractivity contribution in [1.29, 1.82) is 0 Å². The summed E-state index contributed by atoms with van der Waals surface area (Å²) in [6.07, 6.45) is -0.433. The number of hydrogen-bond acceptors (Lipinski definition) is 9. The monoisotopic (exact) mass is 538 g/mol. The second kappa shape index (κ2) is 10.5. The van der Waals surface area contributed by atoms with Gasteiger partial charge in [0.05, 0.1) is 46.6 Å². The van der Waals surface area contributed by atoms with Gasteiger partial charge < -0.3 is 44.1 Å². The predicted octanol–water partition coefficient (Wildman–Crippen LogP) is 3.97. The van der Waals surface area contributed by atoms with E-state index < -0.39 is 17.6 Å². The number of methoxy groups -OCH3 is 3. The molecular formula is C30H34O9. The zero-order valence-electron chi connectivity index (χ0n) is 22.4. The van der Waals surface area contributed by atoms with Crippen LogP contribution in [0.2, 0.25) is 0 Å². The summed E-state index contributed by atoms with van der Waals surface area (Å²) < 4.78 is 29.0. The minimum absolute atomic E-state index is 0.00605. The van der Waals surface area contributed by atoms with Gasteiger partial charge in [-0.15, -0.1) is 0 Å². The molecule has 0 radical (unpaired) electrons. The van der Waals surface area contributed by atoms with E-state index in [0.29, 0.717) is 29.6 Å². The molecule has 39 heavy (non-hydrogen) atoms. The van der Waals surface area contributed by atoms with Crippen LogP contribution in [-0.4, -0.2) is 61.6 Å². The number of aromatic hydroxyl groups is 2. The van der Waals surface area contributed by atoms with Crippen molar-refractivity contribution < 1.29 is 44.1 Å². The number of phenols is 2. The standard InChI is InChI=1S/C30H34O9/c1-30(18-6-7-22(33)25(12-18)36-3)21(14-32)28-26(37-4)10-17(11-27(28)39-30)20-15-38-29(19(20)13-31)16-5-8-24(35-2)23(34)9-16/h5-12,19-21,29,31-34H,13-15H2,1-4H3. The van der Waals surface area contributed by atoms with Crippen molar-refractivity contribution in [2.24, 2.45) is 5.92 Å². The first-order valence-electron chi connectivity index (χ1n) is 12.8. The molecule has 9 nitrogen and oxygen atoms in total. The fraction of sp³-hybridized carbons (Fsp3) is 0.400. The average molecular weight is 539 g/mol. The lowest BCUT2D eigenvalue weighted by atomic mass is 9.79. The molecule has 2 aliphatic heterocycles. The van der Waals surface area contributed by atoms with Crippen LogP contribution in [0.4, 0.5) is 0 Å². The Balaban J connectivity index is 1.52. The van der Waals surface area contributed by atoms with Crippen LogP contribution in [0.3, 0.4) is 0 Å². The third kappa shape index (κ3) is 4.40. The van der Waals surface area contributed by atoms with E-state index in [-0.39, 0.29) is 36.5 Å². The van der Waals surface area contributed by atoms with Crippen molar-refractivity contribution in [1.82, 2.24) is 0 Å². The summed E-state index contributed by atoms with van der Waals surface area (Å²) >= 11 is 0. The van der Waals surface area contributed by atoms with Crippen LogP contribution in [0.1, 0.15) is 47.1 Å². The molecule has 5 atom stereocenters. The van der Waals surface area contributed by atoms with E-state index in [0.717, 1.165) is 22.3 Å². The zero-order chi connectivity index (χ0) is 27.9. The fourth-order valence-electron chi connectivity index (χ4n) is 5.98. The van der Waals surface area contributed by atoms with Crippen molar-refractivity contribution in [3.63, 3.8) is 0 Å². The number of ether oxygens (including phenoxy) is 5. The second-order valence-electron chi connectivity index (χ2n) is 10.1. The minimum atomic E-state index is -0.963. The third-order valence-corrected chi connectivity index (χ3v) is 8.15. The molecule has 1 fully saturated rings. The van der Waals surface area contributed by atoms with Gasteiger partial charge in [-0.05, 0) is 60.0 Å². The van der Waals surface area contributed by atoms with E-state index >= 15 is 0 Å². The van der Waals surface area contributed by atoms with Crippen LogP contribution in [-0.2, 0) is 10.3 Å². The fourth-order valence-corrected chi connectivity index (χ4v) is 5.98. The number of fused-ring (bicyclic) bond motifs is 1. The maximum absolute atomic E-state index is 10.5. The Kier molecular flexibility index (Phi) is 7.24. The van der Waals surface area contributed by atoms with E-state index in [9.17, 15) is 20.4 Å².